The summed E-state index contributed by atoms with van der Waals surface area (Å²) >= 11 is 0. The number of aromatic hydroxyl groups is 1. The van der Waals surface area contributed by atoms with E-state index in [4.69, 9.17) is 0 Å². The van der Waals surface area contributed by atoms with Gasteiger partial charge in [0.05, 0.1) is 5.69 Å². The summed E-state index contributed by atoms with van der Waals surface area (Å²) in [5, 5.41) is 10.9. The van der Waals surface area contributed by atoms with E-state index in [0.29, 0.717) is 11.7 Å². The second kappa shape index (κ2) is 10.9. The molecule has 0 spiro atoms. The Hall–Kier alpha value is -2.09. The number of para-hydroxylation sites is 2. The van der Waals surface area contributed by atoms with Gasteiger partial charge >= 0.3 is 0 Å². The Balaban J connectivity index is 1.74. The zero-order valence-corrected chi connectivity index (χ0v) is 16.4. The molecule has 2 nitrogen and oxygen atoms in total. The minimum atomic E-state index is 0.425. The summed E-state index contributed by atoms with van der Waals surface area (Å²) in [5.41, 5.74) is 2.85. The molecule has 1 N–H and O–H groups in total. The molecule has 27 heavy (non-hydrogen) atoms. The molecule has 0 heterocycles. The number of phenols is 1. The highest BCUT2D eigenvalue weighted by Gasteiger charge is 2.17. The smallest absolute Gasteiger partial charge is 0.127 e. The maximum Gasteiger partial charge on any atom is 0.127 e. The van der Waals surface area contributed by atoms with Crippen LogP contribution in [0.15, 0.2) is 53.5 Å². The number of benzene rings is 2. The molecule has 2 aromatic rings. The average Bonchev–Trinajstić information content (AvgIpc) is 2.69. The number of phenolic OH excluding ortho intramolecular Hbond substituents is 1. The fourth-order valence-electron chi connectivity index (χ4n) is 4.15. The predicted molar refractivity (Wildman–Crippen MR) is 115 cm³/mol. The molecule has 1 aliphatic carbocycles. The van der Waals surface area contributed by atoms with E-state index in [1.807, 2.05) is 36.4 Å². The van der Waals surface area contributed by atoms with Gasteiger partial charge in [-0.15, -0.1) is 0 Å². The molecule has 2 aromatic carbocycles. The molecule has 0 radical (unpaired) electrons. The van der Waals surface area contributed by atoms with Crippen molar-refractivity contribution in [1.29, 1.82) is 0 Å². The second-order valence-corrected chi connectivity index (χ2v) is 7.84. The van der Waals surface area contributed by atoms with Gasteiger partial charge in [0.1, 0.15) is 5.75 Å². The normalized spacial score (nSPS) is 18.1. The number of hydrogen-bond donors (Lipinski definition) is 1. The van der Waals surface area contributed by atoms with Gasteiger partial charge in [-0.3, -0.25) is 4.99 Å². The molecule has 2 heteroatoms. The first-order chi connectivity index (χ1) is 13.3. The third-order valence-electron chi connectivity index (χ3n) is 5.75. The van der Waals surface area contributed by atoms with Crippen molar-refractivity contribution in [3.8, 4) is 5.75 Å². The summed E-state index contributed by atoms with van der Waals surface area (Å²) < 4.78 is 0. The lowest BCUT2D eigenvalue weighted by molar-refractivity contribution is 0.432. The lowest BCUT2D eigenvalue weighted by Crippen LogP contribution is -2.02. The van der Waals surface area contributed by atoms with Crippen LogP contribution >= 0.6 is 0 Å². The molecule has 0 unspecified atom stereocenters. The van der Waals surface area contributed by atoms with Gasteiger partial charge in [0.2, 0.25) is 0 Å². The van der Waals surface area contributed by atoms with Crippen molar-refractivity contribution in [2.75, 3.05) is 0 Å². The SMILES string of the molecule is Oc1c(C=Nc2ccccc2)cccc1C1CCCCCCCCCCC1. The lowest BCUT2D eigenvalue weighted by atomic mass is 9.86. The molecule has 1 aliphatic rings. The molecule has 0 atom stereocenters. The zero-order valence-electron chi connectivity index (χ0n) is 16.4. The molecule has 0 bridgehead atoms. The topological polar surface area (TPSA) is 32.6 Å². The molecule has 0 saturated heterocycles. The fourth-order valence-corrected chi connectivity index (χ4v) is 4.15. The summed E-state index contributed by atoms with van der Waals surface area (Å²) in [6.07, 6.45) is 16.3. The van der Waals surface area contributed by atoms with E-state index in [9.17, 15) is 5.11 Å². The van der Waals surface area contributed by atoms with Gasteiger partial charge in [-0.1, -0.05) is 88.1 Å². The largest absolute Gasteiger partial charge is 0.507 e. The Kier molecular flexibility index (Phi) is 7.95. The van der Waals surface area contributed by atoms with Crippen molar-refractivity contribution in [1.82, 2.24) is 0 Å². The van der Waals surface area contributed by atoms with E-state index in [1.54, 1.807) is 6.21 Å². The molecule has 1 fully saturated rings. The first kappa shape index (κ1) is 19.7. The molecule has 144 valence electrons. The van der Waals surface area contributed by atoms with Gasteiger partial charge in [-0.25, -0.2) is 0 Å². The summed E-state index contributed by atoms with van der Waals surface area (Å²) in [5.74, 6) is 0.892. The third-order valence-corrected chi connectivity index (χ3v) is 5.75. The van der Waals surface area contributed by atoms with Crippen LogP contribution in [0.3, 0.4) is 0 Å². The third kappa shape index (κ3) is 6.23. The number of aliphatic imine (C=N–C) groups is 1. The van der Waals surface area contributed by atoms with Gasteiger partial charge in [0.15, 0.2) is 0 Å². The monoisotopic (exact) mass is 363 g/mol. The minimum absolute atomic E-state index is 0.425. The van der Waals surface area contributed by atoms with E-state index in [2.05, 4.69) is 17.1 Å². The predicted octanol–water partition coefficient (Wildman–Crippen LogP) is 7.53. The minimum Gasteiger partial charge on any atom is -0.507 e. The van der Waals surface area contributed by atoms with Gasteiger partial charge in [0.25, 0.3) is 0 Å². The van der Waals surface area contributed by atoms with Gasteiger partial charge in [-0.05, 0) is 42.5 Å². The van der Waals surface area contributed by atoms with Crippen LogP contribution < -0.4 is 0 Å². The highest BCUT2D eigenvalue weighted by atomic mass is 16.3. The van der Waals surface area contributed by atoms with E-state index < -0.39 is 0 Å². The van der Waals surface area contributed by atoms with Crippen molar-refractivity contribution in [3.05, 3.63) is 59.7 Å². The van der Waals surface area contributed by atoms with Crippen LogP contribution in [0.2, 0.25) is 0 Å². The van der Waals surface area contributed by atoms with Crippen LogP contribution in [0, 0.1) is 0 Å². The van der Waals surface area contributed by atoms with Crippen LogP contribution in [0.1, 0.15) is 87.7 Å². The van der Waals surface area contributed by atoms with Crippen molar-refractivity contribution in [2.24, 2.45) is 4.99 Å². The van der Waals surface area contributed by atoms with Crippen molar-refractivity contribution < 1.29 is 5.11 Å². The summed E-state index contributed by atoms with van der Waals surface area (Å²) in [6.45, 7) is 0. The number of hydrogen-bond acceptors (Lipinski definition) is 2. The van der Waals surface area contributed by atoms with Crippen LogP contribution in [-0.4, -0.2) is 11.3 Å². The number of nitrogens with zero attached hydrogens (tertiary/aromatic N) is 1. The van der Waals surface area contributed by atoms with Gasteiger partial charge in [-0.2, -0.15) is 0 Å². The van der Waals surface area contributed by atoms with Crippen LogP contribution in [0.4, 0.5) is 5.69 Å². The Morgan fingerprint density at radius 1 is 0.704 bits per heavy atom. The molecule has 0 amide bonds. The van der Waals surface area contributed by atoms with Gasteiger partial charge in [0, 0.05) is 11.8 Å². The van der Waals surface area contributed by atoms with Crippen LogP contribution in [0.25, 0.3) is 0 Å². The fraction of sp³-hybridized carbons (Fsp3) is 0.480. The summed E-state index contributed by atoms with van der Waals surface area (Å²) in [4.78, 5) is 4.52. The Morgan fingerprint density at radius 3 is 1.93 bits per heavy atom. The summed E-state index contributed by atoms with van der Waals surface area (Å²) in [6, 6.07) is 16.0. The molecular formula is C25H33NO. The molecule has 0 aliphatic heterocycles. The second-order valence-electron chi connectivity index (χ2n) is 7.84. The lowest BCUT2D eigenvalue weighted by Gasteiger charge is -2.20. The molecule has 3 rings (SSSR count). The summed E-state index contributed by atoms with van der Waals surface area (Å²) in [7, 11) is 0. The van der Waals surface area contributed by atoms with Crippen molar-refractivity contribution >= 4 is 11.9 Å². The van der Waals surface area contributed by atoms with E-state index in [0.717, 1.165) is 16.8 Å². The first-order valence-electron chi connectivity index (χ1n) is 10.8. The zero-order chi connectivity index (χ0) is 18.7. The van der Waals surface area contributed by atoms with E-state index in [1.165, 1.54) is 70.6 Å². The first-order valence-corrected chi connectivity index (χ1v) is 10.8. The van der Waals surface area contributed by atoms with Crippen molar-refractivity contribution in [2.45, 2.75) is 76.5 Å². The maximum absolute atomic E-state index is 10.9. The highest BCUT2D eigenvalue weighted by Crippen LogP contribution is 2.36. The quantitative estimate of drug-likeness (QED) is 0.562. The van der Waals surface area contributed by atoms with E-state index in [-0.39, 0.29) is 0 Å². The van der Waals surface area contributed by atoms with E-state index >= 15 is 0 Å². The Bertz CT molecular complexity index is 696. The average molecular weight is 364 g/mol. The molecule has 1 saturated carbocycles. The number of rotatable bonds is 3. The molecule has 0 aromatic heterocycles. The highest BCUT2D eigenvalue weighted by molar-refractivity contribution is 5.86. The van der Waals surface area contributed by atoms with Crippen molar-refractivity contribution in [3.63, 3.8) is 0 Å². The Labute approximate surface area is 164 Å². The van der Waals surface area contributed by atoms with Crippen LogP contribution in [0.5, 0.6) is 5.75 Å². The molecular weight excluding hydrogens is 330 g/mol. The van der Waals surface area contributed by atoms with Gasteiger partial charge < -0.3 is 5.11 Å². The Morgan fingerprint density at radius 2 is 1.30 bits per heavy atom. The van der Waals surface area contributed by atoms with Crippen LogP contribution in [-0.2, 0) is 0 Å². The maximum atomic E-state index is 10.9. The standard InChI is InChI=1S/C25H33NO/c27-25-22(20-26-23-17-11-8-12-18-23)16-13-19-24(25)21-14-9-6-4-2-1-3-5-7-10-15-21/h8,11-13,16-21,27H,1-7,9-10,14-15H2.